The van der Waals surface area contributed by atoms with Gasteiger partial charge < -0.3 is 9.47 Å². The van der Waals surface area contributed by atoms with Crippen molar-refractivity contribution in [1.29, 1.82) is 0 Å². The van der Waals surface area contributed by atoms with Crippen LogP contribution in [0.3, 0.4) is 0 Å². The summed E-state index contributed by atoms with van der Waals surface area (Å²) in [7, 11) is 0. The zero-order valence-corrected chi connectivity index (χ0v) is 4.58. The predicted octanol–water partition coefficient (Wildman–Crippen LogP) is 0.388. The molecule has 3 rings (SSSR count). The van der Waals surface area contributed by atoms with Crippen LogP contribution in [0.2, 0.25) is 0 Å². The van der Waals surface area contributed by atoms with Crippen LogP contribution in [-0.4, -0.2) is 24.4 Å². The molecule has 48 valence electrons. The summed E-state index contributed by atoms with van der Waals surface area (Å²) in [6.07, 6.45) is 1.55. The second-order valence-corrected chi connectivity index (χ2v) is 2.64. The van der Waals surface area contributed by atoms with Gasteiger partial charge in [0.15, 0.2) is 0 Å². The minimum absolute atomic E-state index is 0.0359. The molecule has 0 radical (unpaired) electrons. The van der Waals surface area contributed by atoms with E-state index in [9.17, 15) is 4.39 Å². The van der Waals surface area contributed by atoms with Crippen LogP contribution in [0.15, 0.2) is 11.9 Å². The lowest BCUT2D eigenvalue weighted by Gasteiger charge is -1.91. The highest BCUT2D eigenvalue weighted by atomic mass is 19.1. The molecule has 2 aliphatic heterocycles. The Hall–Kier alpha value is -0.410. The maximum atomic E-state index is 12.6. The molecule has 0 aromatic rings. The van der Waals surface area contributed by atoms with Crippen molar-refractivity contribution >= 4 is 0 Å². The van der Waals surface area contributed by atoms with E-state index in [0.717, 1.165) is 0 Å². The lowest BCUT2D eigenvalue weighted by atomic mass is 10.1. The first-order valence-electron chi connectivity index (χ1n) is 3.04. The van der Waals surface area contributed by atoms with Crippen LogP contribution < -0.4 is 0 Å². The van der Waals surface area contributed by atoms with Crippen molar-refractivity contribution in [1.82, 2.24) is 0 Å². The highest BCUT2D eigenvalue weighted by Gasteiger charge is 2.62. The number of epoxide rings is 2. The third kappa shape index (κ3) is 0.426. The van der Waals surface area contributed by atoms with Crippen molar-refractivity contribution in [2.45, 2.75) is 24.4 Å². The van der Waals surface area contributed by atoms with Gasteiger partial charge in [-0.2, -0.15) is 0 Å². The Morgan fingerprint density at radius 3 is 3.11 bits per heavy atom. The van der Waals surface area contributed by atoms with Crippen LogP contribution in [-0.2, 0) is 9.47 Å². The molecular formula is C6H5FO2. The smallest absolute Gasteiger partial charge is 0.138 e. The first-order chi connectivity index (χ1) is 4.36. The Morgan fingerprint density at radius 2 is 2.22 bits per heavy atom. The maximum Gasteiger partial charge on any atom is 0.138 e. The first kappa shape index (κ1) is 4.41. The van der Waals surface area contributed by atoms with E-state index in [-0.39, 0.29) is 30.2 Å². The van der Waals surface area contributed by atoms with Crippen molar-refractivity contribution in [3.05, 3.63) is 11.9 Å². The van der Waals surface area contributed by atoms with E-state index in [1.165, 1.54) is 6.08 Å². The van der Waals surface area contributed by atoms with Gasteiger partial charge >= 0.3 is 0 Å². The topological polar surface area (TPSA) is 25.1 Å². The second-order valence-electron chi connectivity index (χ2n) is 2.64. The quantitative estimate of drug-likeness (QED) is 0.441. The van der Waals surface area contributed by atoms with Crippen LogP contribution in [0, 0.1) is 0 Å². The first-order valence-corrected chi connectivity index (χ1v) is 3.04. The van der Waals surface area contributed by atoms with Gasteiger partial charge in [-0.25, -0.2) is 4.39 Å². The van der Waals surface area contributed by atoms with Gasteiger partial charge in [0.1, 0.15) is 30.2 Å². The molecule has 0 N–H and O–H groups in total. The monoisotopic (exact) mass is 128 g/mol. The van der Waals surface area contributed by atoms with Gasteiger partial charge in [0.25, 0.3) is 0 Å². The second kappa shape index (κ2) is 1.07. The molecule has 0 aromatic carbocycles. The molecule has 2 saturated heterocycles. The van der Waals surface area contributed by atoms with Crippen LogP contribution in [0.5, 0.6) is 0 Å². The average Bonchev–Trinajstić information content (AvgIpc) is 2.54. The molecule has 0 amide bonds. The van der Waals surface area contributed by atoms with Crippen molar-refractivity contribution < 1.29 is 13.9 Å². The number of hydrogen-bond donors (Lipinski definition) is 0. The molecule has 1 aliphatic carbocycles. The molecule has 3 heteroatoms. The van der Waals surface area contributed by atoms with Gasteiger partial charge in [-0.3, -0.25) is 0 Å². The van der Waals surface area contributed by atoms with Gasteiger partial charge in [0.05, 0.1) is 0 Å². The molecule has 0 bridgehead atoms. The highest BCUT2D eigenvalue weighted by molar-refractivity contribution is 5.26. The molecule has 2 fully saturated rings. The van der Waals surface area contributed by atoms with Crippen molar-refractivity contribution in [2.24, 2.45) is 0 Å². The van der Waals surface area contributed by atoms with Crippen LogP contribution in [0.25, 0.3) is 0 Å². The number of rotatable bonds is 0. The molecule has 2 nitrogen and oxygen atoms in total. The minimum Gasteiger partial charge on any atom is -0.362 e. The van der Waals surface area contributed by atoms with Crippen LogP contribution in [0.1, 0.15) is 0 Å². The molecular weight excluding hydrogens is 123 g/mol. The summed E-state index contributed by atoms with van der Waals surface area (Å²) in [6.45, 7) is 0. The molecule has 4 atom stereocenters. The molecule has 0 saturated carbocycles. The fourth-order valence-electron chi connectivity index (χ4n) is 1.38. The van der Waals surface area contributed by atoms with Crippen molar-refractivity contribution in [3.8, 4) is 0 Å². The predicted molar refractivity (Wildman–Crippen MR) is 26.5 cm³/mol. The molecule has 2 heterocycles. The largest absolute Gasteiger partial charge is 0.362 e. The van der Waals surface area contributed by atoms with E-state index in [4.69, 9.17) is 9.47 Å². The average molecular weight is 128 g/mol. The van der Waals surface area contributed by atoms with Crippen molar-refractivity contribution in [3.63, 3.8) is 0 Å². The standard InChI is InChI=1S/C6H5FO2/c7-2-1-3-5(8-3)6-4(2)9-6/h1,3-6H/t3-,4+,5-,6+/m0/s1. The van der Waals surface area contributed by atoms with Crippen molar-refractivity contribution in [2.75, 3.05) is 0 Å². The van der Waals surface area contributed by atoms with Gasteiger partial charge in [0, 0.05) is 0 Å². The molecule has 3 aliphatic rings. The summed E-state index contributed by atoms with van der Waals surface area (Å²) in [5.74, 6) is -0.140. The lowest BCUT2D eigenvalue weighted by molar-refractivity contribution is 0.306. The number of fused-ring (bicyclic) bond motifs is 3. The summed E-state index contributed by atoms with van der Waals surface area (Å²) in [5.41, 5.74) is 0. The van der Waals surface area contributed by atoms with Gasteiger partial charge in [-0.15, -0.1) is 0 Å². The Kier molecular flexibility index (Phi) is 0.522. The minimum atomic E-state index is -0.242. The summed E-state index contributed by atoms with van der Waals surface area (Å²) < 4.78 is 22.6. The number of hydrogen-bond acceptors (Lipinski definition) is 2. The van der Waals surface area contributed by atoms with E-state index in [2.05, 4.69) is 0 Å². The van der Waals surface area contributed by atoms with Crippen LogP contribution in [0.4, 0.5) is 4.39 Å². The summed E-state index contributed by atoms with van der Waals surface area (Å²) in [4.78, 5) is 0. The lowest BCUT2D eigenvalue weighted by Crippen LogP contribution is -2.10. The Labute approximate surface area is 51.2 Å². The van der Waals surface area contributed by atoms with E-state index in [0.29, 0.717) is 0 Å². The Bertz CT molecular complexity index is 201. The SMILES string of the molecule is FC1=C[C@@H]2O[C@@H]2[C@@H]2O[C@H]12. The summed E-state index contributed by atoms with van der Waals surface area (Å²) in [6, 6.07) is 0. The number of ether oxygens (including phenoxy) is 2. The number of halogens is 1. The molecule has 9 heavy (non-hydrogen) atoms. The van der Waals surface area contributed by atoms with Gasteiger partial charge in [-0.05, 0) is 6.08 Å². The van der Waals surface area contributed by atoms with E-state index in [1.807, 2.05) is 0 Å². The maximum absolute atomic E-state index is 12.6. The van der Waals surface area contributed by atoms with Gasteiger partial charge in [0.2, 0.25) is 0 Å². The van der Waals surface area contributed by atoms with E-state index < -0.39 is 0 Å². The normalized spacial score (nSPS) is 59.4. The van der Waals surface area contributed by atoms with Crippen LogP contribution >= 0.6 is 0 Å². The molecule has 0 spiro atoms. The molecule has 0 unspecified atom stereocenters. The third-order valence-electron chi connectivity index (χ3n) is 2.01. The zero-order chi connectivity index (χ0) is 6.01. The summed E-state index contributed by atoms with van der Waals surface area (Å²) in [5, 5.41) is 0. The summed E-state index contributed by atoms with van der Waals surface area (Å²) >= 11 is 0. The van der Waals surface area contributed by atoms with E-state index >= 15 is 0 Å². The third-order valence-corrected chi connectivity index (χ3v) is 2.01. The van der Waals surface area contributed by atoms with Gasteiger partial charge in [-0.1, -0.05) is 0 Å². The fraction of sp³-hybridized carbons (Fsp3) is 0.667. The Balaban J connectivity index is 2.03. The Morgan fingerprint density at radius 1 is 1.33 bits per heavy atom. The van der Waals surface area contributed by atoms with E-state index in [1.54, 1.807) is 0 Å². The zero-order valence-electron chi connectivity index (χ0n) is 4.58. The molecule has 0 aromatic heterocycles. The fourth-order valence-corrected chi connectivity index (χ4v) is 1.38. The highest BCUT2D eigenvalue weighted by Crippen LogP contribution is 2.47.